The summed E-state index contributed by atoms with van der Waals surface area (Å²) < 4.78 is 5.47. The van der Waals surface area contributed by atoms with Gasteiger partial charge in [-0.15, -0.1) is 0 Å². The van der Waals surface area contributed by atoms with Crippen LogP contribution in [0.3, 0.4) is 0 Å². The molecular weight excluding hydrogens is 228 g/mol. The van der Waals surface area contributed by atoms with Crippen molar-refractivity contribution in [1.82, 2.24) is 0 Å². The minimum atomic E-state index is -0.542. The summed E-state index contributed by atoms with van der Waals surface area (Å²) in [6.45, 7) is 6.63. The monoisotopic (exact) mass is 250 g/mol. The first-order valence-electron chi connectivity index (χ1n) is 6.30. The predicted octanol–water partition coefficient (Wildman–Crippen LogP) is 2.40. The molecule has 3 N–H and O–H groups in total. The molecule has 0 spiro atoms. The Labute approximate surface area is 109 Å². The number of hydrogen-bond donors (Lipinski definition) is 2. The van der Waals surface area contributed by atoms with Crippen LogP contribution >= 0.6 is 0 Å². The van der Waals surface area contributed by atoms with Crippen molar-refractivity contribution >= 4 is 11.6 Å². The van der Waals surface area contributed by atoms with Crippen LogP contribution in [0.1, 0.15) is 27.2 Å². The zero-order chi connectivity index (χ0) is 13.6. The van der Waals surface area contributed by atoms with E-state index < -0.39 is 5.41 Å². The number of para-hydroxylation sites is 2. The molecule has 0 saturated carbocycles. The Morgan fingerprint density at radius 2 is 2.06 bits per heavy atom. The van der Waals surface area contributed by atoms with E-state index in [2.05, 4.69) is 5.32 Å². The third-order valence-corrected chi connectivity index (χ3v) is 3.21. The van der Waals surface area contributed by atoms with E-state index >= 15 is 0 Å². The lowest BCUT2D eigenvalue weighted by molar-refractivity contribution is -0.124. The molecule has 4 heteroatoms. The third-order valence-electron chi connectivity index (χ3n) is 3.21. The Hall–Kier alpha value is -1.55. The number of anilines is 1. The summed E-state index contributed by atoms with van der Waals surface area (Å²) in [7, 11) is 0. The van der Waals surface area contributed by atoms with Crippen molar-refractivity contribution in [3.8, 4) is 5.75 Å². The number of nitrogens with one attached hydrogen (secondary N) is 1. The van der Waals surface area contributed by atoms with Crippen LogP contribution < -0.4 is 15.8 Å². The van der Waals surface area contributed by atoms with Crippen molar-refractivity contribution in [1.29, 1.82) is 0 Å². The van der Waals surface area contributed by atoms with Gasteiger partial charge >= 0.3 is 0 Å². The van der Waals surface area contributed by atoms with Crippen molar-refractivity contribution in [2.24, 2.45) is 11.1 Å². The second-order valence-corrected chi connectivity index (χ2v) is 4.50. The summed E-state index contributed by atoms with van der Waals surface area (Å²) in [4.78, 5) is 12.2. The molecule has 1 unspecified atom stereocenters. The molecule has 0 aromatic heterocycles. The molecular formula is C14H22N2O2. The first kappa shape index (κ1) is 14.5. The smallest absolute Gasteiger partial charge is 0.231 e. The van der Waals surface area contributed by atoms with E-state index in [4.69, 9.17) is 10.5 Å². The number of hydrogen-bond acceptors (Lipinski definition) is 3. The van der Waals surface area contributed by atoms with Crippen LogP contribution in [0.25, 0.3) is 0 Å². The first-order valence-corrected chi connectivity index (χ1v) is 6.30. The third kappa shape index (κ3) is 3.23. The van der Waals surface area contributed by atoms with Crippen molar-refractivity contribution in [3.05, 3.63) is 24.3 Å². The quantitative estimate of drug-likeness (QED) is 0.814. The van der Waals surface area contributed by atoms with Crippen LogP contribution in [0.4, 0.5) is 5.69 Å². The van der Waals surface area contributed by atoms with Gasteiger partial charge in [0.15, 0.2) is 0 Å². The summed E-state index contributed by atoms with van der Waals surface area (Å²) in [6, 6.07) is 7.41. The van der Waals surface area contributed by atoms with Gasteiger partial charge in [0.2, 0.25) is 5.91 Å². The van der Waals surface area contributed by atoms with E-state index in [0.717, 1.165) is 0 Å². The van der Waals surface area contributed by atoms with Crippen LogP contribution in [0.15, 0.2) is 24.3 Å². The van der Waals surface area contributed by atoms with Gasteiger partial charge in [0.1, 0.15) is 5.75 Å². The largest absolute Gasteiger partial charge is 0.492 e. The van der Waals surface area contributed by atoms with Crippen LogP contribution in [0.5, 0.6) is 5.75 Å². The van der Waals surface area contributed by atoms with Gasteiger partial charge in [-0.2, -0.15) is 0 Å². The lowest BCUT2D eigenvalue weighted by Crippen LogP contribution is -2.39. The fraction of sp³-hybridized carbons (Fsp3) is 0.500. The minimum absolute atomic E-state index is 0.0698. The van der Waals surface area contributed by atoms with Crippen molar-refractivity contribution in [2.45, 2.75) is 27.2 Å². The van der Waals surface area contributed by atoms with E-state index in [1.54, 1.807) is 0 Å². The van der Waals surface area contributed by atoms with Gasteiger partial charge in [0, 0.05) is 6.54 Å². The summed E-state index contributed by atoms with van der Waals surface area (Å²) in [6.07, 6.45) is 0.701. The molecule has 1 atom stereocenters. The van der Waals surface area contributed by atoms with E-state index in [1.165, 1.54) is 0 Å². The molecule has 0 heterocycles. The molecule has 0 bridgehead atoms. The normalized spacial score (nSPS) is 13.8. The van der Waals surface area contributed by atoms with Gasteiger partial charge in [-0.25, -0.2) is 0 Å². The van der Waals surface area contributed by atoms with Gasteiger partial charge in [0.25, 0.3) is 0 Å². The van der Waals surface area contributed by atoms with Gasteiger partial charge in [-0.05, 0) is 32.4 Å². The number of ether oxygens (including phenoxy) is 1. The summed E-state index contributed by atoms with van der Waals surface area (Å²) in [5.41, 5.74) is 5.83. The van der Waals surface area contributed by atoms with Crippen LogP contribution in [-0.4, -0.2) is 19.1 Å². The Bertz CT molecular complexity index is 401. The molecule has 4 nitrogen and oxygen atoms in total. The Balaban J connectivity index is 2.87. The van der Waals surface area contributed by atoms with E-state index in [-0.39, 0.29) is 5.91 Å². The number of benzene rings is 1. The average Bonchev–Trinajstić information content (AvgIpc) is 2.40. The minimum Gasteiger partial charge on any atom is -0.492 e. The second-order valence-electron chi connectivity index (χ2n) is 4.50. The number of carbonyl (C=O) groups excluding carboxylic acids is 1. The first-order chi connectivity index (χ1) is 8.57. The fourth-order valence-corrected chi connectivity index (χ4v) is 1.52. The lowest BCUT2D eigenvalue weighted by atomic mass is 9.86. The SMILES string of the molecule is CCOc1ccccc1NC(=O)C(C)(CC)CN. The molecule has 1 aromatic carbocycles. The molecule has 0 aliphatic carbocycles. The highest BCUT2D eigenvalue weighted by Crippen LogP contribution is 2.27. The number of amides is 1. The number of rotatable bonds is 6. The van der Waals surface area contributed by atoms with E-state index in [0.29, 0.717) is 31.0 Å². The maximum absolute atomic E-state index is 12.2. The predicted molar refractivity (Wildman–Crippen MR) is 73.7 cm³/mol. The van der Waals surface area contributed by atoms with Crippen LogP contribution in [0, 0.1) is 5.41 Å². The second kappa shape index (κ2) is 6.40. The zero-order valence-electron chi connectivity index (χ0n) is 11.3. The molecule has 0 aliphatic heterocycles. The molecule has 18 heavy (non-hydrogen) atoms. The summed E-state index contributed by atoms with van der Waals surface area (Å²) in [5, 5.41) is 2.89. The zero-order valence-corrected chi connectivity index (χ0v) is 11.3. The molecule has 1 rings (SSSR count). The molecule has 100 valence electrons. The van der Waals surface area contributed by atoms with E-state index in [1.807, 2.05) is 45.0 Å². The topological polar surface area (TPSA) is 64.3 Å². The van der Waals surface area contributed by atoms with Crippen molar-refractivity contribution < 1.29 is 9.53 Å². The molecule has 0 saturated heterocycles. The molecule has 1 amide bonds. The molecule has 0 aliphatic rings. The van der Waals surface area contributed by atoms with Crippen LogP contribution in [-0.2, 0) is 4.79 Å². The van der Waals surface area contributed by atoms with Gasteiger partial charge < -0.3 is 15.8 Å². The Kier molecular flexibility index (Phi) is 5.16. The number of carbonyl (C=O) groups is 1. The standard InChI is InChI=1S/C14H22N2O2/c1-4-14(3,10-15)13(17)16-11-8-6-7-9-12(11)18-5-2/h6-9H,4-5,10,15H2,1-3H3,(H,16,17). The highest BCUT2D eigenvalue weighted by atomic mass is 16.5. The maximum atomic E-state index is 12.2. The highest BCUT2D eigenvalue weighted by Gasteiger charge is 2.30. The van der Waals surface area contributed by atoms with Crippen molar-refractivity contribution in [2.75, 3.05) is 18.5 Å². The molecule has 0 fully saturated rings. The number of nitrogens with two attached hydrogens (primary N) is 1. The average molecular weight is 250 g/mol. The van der Waals surface area contributed by atoms with Gasteiger partial charge in [-0.3, -0.25) is 4.79 Å². The highest BCUT2D eigenvalue weighted by molar-refractivity contribution is 5.96. The lowest BCUT2D eigenvalue weighted by Gasteiger charge is -2.25. The van der Waals surface area contributed by atoms with Crippen molar-refractivity contribution in [3.63, 3.8) is 0 Å². The fourth-order valence-electron chi connectivity index (χ4n) is 1.52. The van der Waals surface area contributed by atoms with E-state index in [9.17, 15) is 4.79 Å². The molecule has 1 aromatic rings. The van der Waals surface area contributed by atoms with Gasteiger partial charge in [-0.1, -0.05) is 19.1 Å². The summed E-state index contributed by atoms with van der Waals surface area (Å²) >= 11 is 0. The van der Waals surface area contributed by atoms with Crippen LogP contribution in [0.2, 0.25) is 0 Å². The summed E-state index contributed by atoms with van der Waals surface area (Å²) in [5.74, 6) is 0.614. The Morgan fingerprint density at radius 1 is 1.39 bits per heavy atom. The Morgan fingerprint density at radius 3 is 2.61 bits per heavy atom. The van der Waals surface area contributed by atoms with Gasteiger partial charge in [0.05, 0.1) is 17.7 Å². The molecule has 0 radical (unpaired) electrons. The maximum Gasteiger partial charge on any atom is 0.231 e.